The van der Waals surface area contributed by atoms with Crippen LogP contribution < -0.4 is 14.8 Å². The third-order valence-electron chi connectivity index (χ3n) is 5.06. The first kappa shape index (κ1) is 22.2. The second kappa shape index (κ2) is 10.1. The van der Waals surface area contributed by atoms with Crippen LogP contribution in [0.15, 0.2) is 41.8 Å². The molecule has 4 rings (SSSR count). The van der Waals surface area contributed by atoms with E-state index in [1.165, 1.54) is 30.6 Å². The summed E-state index contributed by atoms with van der Waals surface area (Å²) in [6.45, 7) is 1.13. The van der Waals surface area contributed by atoms with Crippen molar-refractivity contribution in [2.45, 2.75) is 25.6 Å². The lowest BCUT2D eigenvalue weighted by molar-refractivity contribution is 0.0854. The van der Waals surface area contributed by atoms with Crippen LogP contribution in [0.4, 0.5) is 8.78 Å². The molecule has 0 unspecified atom stereocenters. The van der Waals surface area contributed by atoms with Gasteiger partial charge >= 0.3 is 0 Å². The normalized spacial score (nSPS) is 15.5. The number of hydrogen-bond donors (Lipinski definition) is 1. The second-order valence-corrected chi connectivity index (χ2v) is 8.13. The Kier molecular flexibility index (Phi) is 6.96. The van der Waals surface area contributed by atoms with Crippen molar-refractivity contribution in [3.05, 3.63) is 64.7 Å². The van der Waals surface area contributed by atoms with E-state index in [2.05, 4.69) is 10.3 Å². The Hall–Kier alpha value is -3.04. The Balaban J connectivity index is 1.42. The van der Waals surface area contributed by atoms with Gasteiger partial charge in [-0.2, -0.15) is 0 Å². The van der Waals surface area contributed by atoms with Crippen LogP contribution in [0.3, 0.4) is 0 Å². The van der Waals surface area contributed by atoms with Gasteiger partial charge in [-0.25, -0.2) is 13.8 Å². The molecule has 32 heavy (non-hydrogen) atoms. The Morgan fingerprint density at radius 2 is 2.12 bits per heavy atom. The molecule has 2 aromatic carbocycles. The zero-order valence-corrected chi connectivity index (χ0v) is 18.2. The van der Waals surface area contributed by atoms with Crippen molar-refractivity contribution in [1.82, 2.24) is 10.3 Å². The fourth-order valence-corrected chi connectivity index (χ4v) is 4.12. The van der Waals surface area contributed by atoms with E-state index in [1.54, 1.807) is 23.6 Å². The Bertz CT molecular complexity index is 1100. The lowest BCUT2D eigenvalue weighted by atomic mass is 10.2. The van der Waals surface area contributed by atoms with E-state index in [0.29, 0.717) is 28.7 Å². The first-order valence-electron chi connectivity index (χ1n) is 10.1. The third-order valence-corrected chi connectivity index (χ3v) is 5.95. The minimum Gasteiger partial charge on any atom is -0.493 e. The molecule has 1 aliphatic heterocycles. The largest absolute Gasteiger partial charge is 0.493 e. The first-order chi connectivity index (χ1) is 15.5. The van der Waals surface area contributed by atoms with Gasteiger partial charge in [-0.05, 0) is 43.2 Å². The number of methoxy groups -OCH3 is 1. The quantitative estimate of drug-likeness (QED) is 0.533. The maximum atomic E-state index is 13.8. The topological polar surface area (TPSA) is 69.7 Å². The van der Waals surface area contributed by atoms with Crippen LogP contribution in [0.5, 0.6) is 11.5 Å². The number of carbonyl (C=O) groups is 1. The maximum Gasteiger partial charge on any atom is 0.270 e. The van der Waals surface area contributed by atoms with Crippen LogP contribution in [0, 0.1) is 11.6 Å². The van der Waals surface area contributed by atoms with Crippen LogP contribution >= 0.6 is 11.3 Å². The minimum atomic E-state index is -0.673. The summed E-state index contributed by atoms with van der Waals surface area (Å²) in [7, 11) is 1.50. The predicted octanol–water partition coefficient (Wildman–Crippen LogP) is 4.58. The fourth-order valence-electron chi connectivity index (χ4n) is 3.33. The molecule has 0 aliphatic carbocycles. The fraction of sp³-hybridized carbons (Fsp3) is 0.304. The number of nitrogens with one attached hydrogen (secondary N) is 1. The van der Waals surface area contributed by atoms with Crippen molar-refractivity contribution >= 4 is 17.2 Å². The lowest BCUT2D eigenvalue weighted by Gasteiger charge is -2.12. The van der Waals surface area contributed by atoms with Gasteiger partial charge in [0.1, 0.15) is 28.9 Å². The molecular weight excluding hydrogens is 438 g/mol. The number of ether oxygens (including phenoxy) is 3. The van der Waals surface area contributed by atoms with Crippen LogP contribution in [-0.2, 0) is 11.3 Å². The molecule has 3 aromatic rings. The number of halogens is 2. The highest BCUT2D eigenvalue weighted by atomic mass is 32.1. The number of rotatable bonds is 8. The van der Waals surface area contributed by atoms with Crippen molar-refractivity contribution in [2.75, 3.05) is 20.3 Å². The smallest absolute Gasteiger partial charge is 0.270 e. The monoisotopic (exact) mass is 460 g/mol. The number of thiazole rings is 1. The van der Waals surface area contributed by atoms with Gasteiger partial charge in [-0.3, -0.25) is 4.79 Å². The van der Waals surface area contributed by atoms with Crippen molar-refractivity contribution < 1.29 is 27.8 Å². The molecule has 2 heterocycles. The van der Waals surface area contributed by atoms with E-state index in [4.69, 9.17) is 14.2 Å². The highest BCUT2D eigenvalue weighted by Gasteiger charge is 2.18. The number of hydrogen-bond acceptors (Lipinski definition) is 6. The summed E-state index contributed by atoms with van der Waals surface area (Å²) in [5.41, 5.74) is 1.33. The minimum absolute atomic E-state index is 0.0669. The average molecular weight is 461 g/mol. The summed E-state index contributed by atoms with van der Waals surface area (Å²) in [4.78, 5) is 16.8. The summed E-state index contributed by atoms with van der Waals surface area (Å²) in [5.74, 6) is -0.711. The van der Waals surface area contributed by atoms with Gasteiger partial charge in [-0.15, -0.1) is 11.3 Å². The predicted molar refractivity (Wildman–Crippen MR) is 116 cm³/mol. The van der Waals surface area contributed by atoms with Gasteiger partial charge in [0.15, 0.2) is 11.5 Å². The highest BCUT2D eigenvalue weighted by molar-refractivity contribution is 7.13. The number of amides is 1. The van der Waals surface area contributed by atoms with Crippen molar-refractivity contribution in [1.29, 1.82) is 0 Å². The second-order valence-electron chi connectivity index (χ2n) is 7.27. The van der Waals surface area contributed by atoms with Gasteiger partial charge in [0.2, 0.25) is 0 Å². The molecule has 1 aromatic heterocycles. The highest BCUT2D eigenvalue weighted by Crippen LogP contribution is 2.34. The van der Waals surface area contributed by atoms with Gasteiger partial charge in [0, 0.05) is 35.7 Å². The zero-order chi connectivity index (χ0) is 22.5. The Morgan fingerprint density at radius 1 is 1.25 bits per heavy atom. The van der Waals surface area contributed by atoms with Crippen LogP contribution in [0.2, 0.25) is 0 Å². The Labute approximate surface area is 188 Å². The average Bonchev–Trinajstić information content (AvgIpc) is 3.49. The molecule has 0 bridgehead atoms. The zero-order valence-electron chi connectivity index (χ0n) is 17.4. The summed E-state index contributed by atoms with van der Waals surface area (Å²) in [5, 5.41) is 5.22. The van der Waals surface area contributed by atoms with Crippen LogP contribution in [0.25, 0.3) is 10.6 Å². The SMILES string of the molecule is COc1cc(-c2nc(C(=O)NC[C@H]3CCCO3)cs2)ccc1OCc1ccc(F)cc1F. The van der Waals surface area contributed by atoms with Crippen molar-refractivity contribution in [3.8, 4) is 22.1 Å². The van der Waals surface area contributed by atoms with E-state index < -0.39 is 11.6 Å². The number of aromatic nitrogens is 1. The molecule has 0 saturated carbocycles. The molecule has 168 valence electrons. The molecule has 0 radical (unpaired) electrons. The molecule has 1 fully saturated rings. The van der Waals surface area contributed by atoms with E-state index >= 15 is 0 Å². The third kappa shape index (κ3) is 5.23. The first-order valence-corrected chi connectivity index (χ1v) is 11.0. The molecule has 6 nitrogen and oxygen atoms in total. The summed E-state index contributed by atoms with van der Waals surface area (Å²) in [6.07, 6.45) is 2.03. The standard InChI is InChI=1S/C23H22F2N2O4S/c1-29-21-9-14(5-7-20(21)31-12-15-4-6-16(24)10-18(15)25)23-27-19(13-32-23)22(28)26-11-17-3-2-8-30-17/h4-7,9-10,13,17H,2-3,8,11-12H2,1H3,(H,26,28)/t17-/m1/s1. The van der Waals surface area contributed by atoms with Gasteiger partial charge < -0.3 is 19.5 Å². The van der Waals surface area contributed by atoms with E-state index in [9.17, 15) is 13.6 Å². The molecule has 1 aliphatic rings. The lowest BCUT2D eigenvalue weighted by Crippen LogP contribution is -2.31. The molecule has 0 spiro atoms. The van der Waals surface area contributed by atoms with Crippen LogP contribution in [-0.4, -0.2) is 37.3 Å². The van der Waals surface area contributed by atoms with Crippen LogP contribution in [0.1, 0.15) is 28.9 Å². The van der Waals surface area contributed by atoms with Gasteiger partial charge in [0.25, 0.3) is 5.91 Å². The van der Waals surface area contributed by atoms with Crippen molar-refractivity contribution in [3.63, 3.8) is 0 Å². The summed E-state index contributed by atoms with van der Waals surface area (Å²) < 4.78 is 43.5. The number of carbonyl (C=O) groups excluding carboxylic acids is 1. The molecule has 1 saturated heterocycles. The molecule has 1 N–H and O–H groups in total. The number of nitrogens with zero attached hydrogens (tertiary/aromatic N) is 1. The molecule has 1 amide bonds. The summed E-state index contributed by atoms with van der Waals surface area (Å²) >= 11 is 1.34. The molecule has 1 atom stereocenters. The maximum absolute atomic E-state index is 13.8. The molecule has 9 heteroatoms. The van der Waals surface area contributed by atoms with E-state index in [1.807, 2.05) is 0 Å². The van der Waals surface area contributed by atoms with Gasteiger partial charge in [0.05, 0.1) is 13.2 Å². The van der Waals surface area contributed by atoms with Gasteiger partial charge in [-0.1, -0.05) is 0 Å². The number of benzene rings is 2. The Morgan fingerprint density at radius 3 is 2.88 bits per heavy atom. The summed E-state index contributed by atoms with van der Waals surface area (Å²) in [6, 6.07) is 8.55. The van der Waals surface area contributed by atoms with E-state index in [0.717, 1.165) is 31.1 Å². The van der Waals surface area contributed by atoms with E-state index in [-0.39, 0.29) is 24.2 Å². The van der Waals surface area contributed by atoms with Crippen molar-refractivity contribution in [2.24, 2.45) is 0 Å². The molecular formula is C23H22F2N2O4S.